The molecule has 6 heteroatoms. The monoisotopic (exact) mass is 1110 g/mol. The molecule has 0 rings (SSSR count). The van der Waals surface area contributed by atoms with Gasteiger partial charge in [-0.3, -0.25) is 14.4 Å². The number of unbranched alkanes of at least 4 members (excludes halogenated alkanes) is 35. The SMILES string of the molecule is CC/C=C\C/C=C\C/C=C\C/C=C\CCCCCCCCCCCCCCCCC(=O)OCC(COC(=O)CCCCCCCCCCCCCC)OC(=O)CCCCCCCCCCCC/C=C\C/C=C\C/C=C\C/C=C\CC. The van der Waals surface area contributed by atoms with Crippen molar-refractivity contribution >= 4 is 17.9 Å². The van der Waals surface area contributed by atoms with E-state index >= 15 is 0 Å². The van der Waals surface area contributed by atoms with Gasteiger partial charge in [-0.25, -0.2) is 0 Å². The fourth-order valence-corrected chi connectivity index (χ4v) is 9.78. The summed E-state index contributed by atoms with van der Waals surface area (Å²) in [6, 6.07) is 0. The Morgan fingerprint density at radius 1 is 0.263 bits per heavy atom. The minimum absolute atomic E-state index is 0.0751. The predicted octanol–water partition coefficient (Wildman–Crippen LogP) is 23.6. The van der Waals surface area contributed by atoms with Gasteiger partial charge in [-0.2, -0.15) is 0 Å². The summed E-state index contributed by atoms with van der Waals surface area (Å²) in [6.45, 7) is 6.45. The maximum absolute atomic E-state index is 12.9. The summed E-state index contributed by atoms with van der Waals surface area (Å²) in [5.41, 5.74) is 0. The third-order valence-electron chi connectivity index (χ3n) is 14.8. The van der Waals surface area contributed by atoms with Gasteiger partial charge in [0, 0.05) is 19.3 Å². The summed E-state index contributed by atoms with van der Waals surface area (Å²) in [5, 5.41) is 0. The van der Waals surface area contributed by atoms with Crippen LogP contribution in [0.5, 0.6) is 0 Å². The third-order valence-corrected chi connectivity index (χ3v) is 14.8. The second kappa shape index (κ2) is 67.8. The van der Waals surface area contributed by atoms with Crippen LogP contribution in [-0.2, 0) is 28.6 Å². The van der Waals surface area contributed by atoms with Crippen molar-refractivity contribution in [2.45, 2.75) is 341 Å². The first-order chi connectivity index (χ1) is 39.5. The second-order valence-corrected chi connectivity index (χ2v) is 22.7. The molecule has 0 aliphatic heterocycles. The molecule has 0 aromatic rings. The van der Waals surface area contributed by atoms with Crippen molar-refractivity contribution in [3.8, 4) is 0 Å². The average molecular weight is 1110 g/mol. The molecular weight excluding hydrogens is 985 g/mol. The predicted molar refractivity (Wildman–Crippen MR) is 348 cm³/mol. The number of hydrogen-bond acceptors (Lipinski definition) is 6. The molecule has 0 aliphatic carbocycles. The van der Waals surface area contributed by atoms with Crippen LogP contribution in [0.2, 0.25) is 0 Å². The van der Waals surface area contributed by atoms with Crippen molar-refractivity contribution < 1.29 is 28.6 Å². The Balaban J connectivity index is 4.26. The van der Waals surface area contributed by atoms with Crippen molar-refractivity contribution in [3.63, 3.8) is 0 Å². The van der Waals surface area contributed by atoms with E-state index in [-0.39, 0.29) is 31.1 Å². The van der Waals surface area contributed by atoms with Crippen LogP contribution in [0.1, 0.15) is 335 Å². The van der Waals surface area contributed by atoms with E-state index in [2.05, 4.69) is 118 Å². The summed E-state index contributed by atoms with van der Waals surface area (Å²) in [7, 11) is 0. The molecule has 1 unspecified atom stereocenters. The van der Waals surface area contributed by atoms with Gasteiger partial charge in [0.2, 0.25) is 0 Å². The molecule has 80 heavy (non-hydrogen) atoms. The van der Waals surface area contributed by atoms with Crippen molar-refractivity contribution in [1.82, 2.24) is 0 Å². The fraction of sp³-hybridized carbons (Fsp3) is 0.743. The zero-order valence-corrected chi connectivity index (χ0v) is 52.8. The van der Waals surface area contributed by atoms with Gasteiger partial charge < -0.3 is 14.2 Å². The van der Waals surface area contributed by atoms with Crippen LogP contribution in [0, 0.1) is 0 Å². The summed E-state index contributed by atoms with van der Waals surface area (Å²) in [5.74, 6) is -0.864. The molecule has 0 amide bonds. The molecule has 460 valence electrons. The summed E-state index contributed by atoms with van der Waals surface area (Å²) in [6.07, 6.45) is 91.4. The molecule has 6 nitrogen and oxygen atoms in total. The Bertz CT molecular complexity index is 1560. The summed E-state index contributed by atoms with van der Waals surface area (Å²) < 4.78 is 17.0. The average Bonchev–Trinajstić information content (AvgIpc) is 3.46. The minimum atomic E-state index is -0.779. The van der Waals surface area contributed by atoms with Gasteiger partial charge >= 0.3 is 17.9 Å². The Morgan fingerprint density at radius 2 is 0.487 bits per heavy atom. The van der Waals surface area contributed by atoms with Gasteiger partial charge in [-0.1, -0.05) is 317 Å². The topological polar surface area (TPSA) is 78.9 Å². The normalized spacial score (nSPS) is 12.7. The standard InChI is InChI=1S/C74H128O6/c1-4-7-10-13-16-19-22-25-27-29-31-33-35-36-37-38-40-41-43-45-47-49-52-55-58-61-64-67-73(76)79-70-71(69-78-72(75)66-63-60-57-54-51-24-21-18-15-12-9-6-3)80-74(77)68-65-62-59-56-53-50-48-46-44-42-39-34-32-30-28-26-23-20-17-14-11-8-5-2/h7-8,10-11,16-17,19-20,25-28,31-34,71H,4-6,9,12-15,18,21-24,29-30,35-70H2,1-3H3/b10-7-,11-8-,19-16-,20-17-,27-25-,28-26-,33-31-,34-32-. The fourth-order valence-electron chi connectivity index (χ4n) is 9.78. The third kappa shape index (κ3) is 65.1. The van der Waals surface area contributed by atoms with Crippen molar-refractivity contribution in [2.24, 2.45) is 0 Å². The van der Waals surface area contributed by atoms with E-state index in [1.807, 2.05) is 0 Å². The number of allylic oxidation sites excluding steroid dienone is 16. The smallest absolute Gasteiger partial charge is 0.306 e. The highest BCUT2D eigenvalue weighted by Crippen LogP contribution is 2.17. The van der Waals surface area contributed by atoms with E-state index < -0.39 is 6.10 Å². The molecule has 0 aromatic heterocycles. The van der Waals surface area contributed by atoms with E-state index in [1.54, 1.807) is 0 Å². The number of rotatable bonds is 62. The molecule has 0 aromatic carbocycles. The number of esters is 3. The van der Waals surface area contributed by atoms with Gasteiger partial charge in [0.15, 0.2) is 6.10 Å². The molecule has 1 atom stereocenters. The molecule has 0 bridgehead atoms. The lowest BCUT2D eigenvalue weighted by atomic mass is 10.0. The van der Waals surface area contributed by atoms with Crippen molar-refractivity contribution in [2.75, 3.05) is 13.2 Å². The number of carbonyl (C=O) groups is 3. The second-order valence-electron chi connectivity index (χ2n) is 22.7. The summed E-state index contributed by atoms with van der Waals surface area (Å²) >= 11 is 0. The first-order valence-electron chi connectivity index (χ1n) is 34.2. The zero-order valence-electron chi connectivity index (χ0n) is 52.8. The van der Waals surface area contributed by atoms with Crippen molar-refractivity contribution in [3.05, 3.63) is 97.2 Å². The molecule has 0 saturated carbocycles. The quantitative estimate of drug-likeness (QED) is 0.0261. The van der Waals surface area contributed by atoms with Crippen LogP contribution in [0.15, 0.2) is 97.2 Å². The maximum Gasteiger partial charge on any atom is 0.306 e. The molecule has 0 aliphatic rings. The van der Waals surface area contributed by atoms with Gasteiger partial charge in [0.1, 0.15) is 13.2 Å². The van der Waals surface area contributed by atoms with E-state index in [9.17, 15) is 14.4 Å². The van der Waals surface area contributed by atoms with Gasteiger partial charge in [-0.15, -0.1) is 0 Å². The molecule has 0 fully saturated rings. The Hall–Kier alpha value is -3.67. The first kappa shape index (κ1) is 76.3. The number of carbonyl (C=O) groups excluding carboxylic acids is 3. The van der Waals surface area contributed by atoms with Gasteiger partial charge in [0.25, 0.3) is 0 Å². The number of hydrogen-bond donors (Lipinski definition) is 0. The molecule has 0 heterocycles. The summed E-state index contributed by atoms with van der Waals surface area (Å²) in [4.78, 5) is 38.4. The molecule has 0 radical (unpaired) electrons. The Labute approximate surface area is 496 Å². The minimum Gasteiger partial charge on any atom is -0.462 e. The zero-order chi connectivity index (χ0) is 57.8. The number of ether oxygens (including phenoxy) is 3. The Morgan fingerprint density at radius 3 is 0.762 bits per heavy atom. The highest BCUT2D eigenvalue weighted by atomic mass is 16.6. The highest BCUT2D eigenvalue weighted by Gasteiger charge is 2.19. The Kier molecular flexibility index (Phi) is 64.7. The lowest BCUT2D eigenvalue weighted by Crippen LogP contribution is -2.30. The van der Waals surface area contributed by atoms with Gasteiger partial charge in [-0.05, 0) is 96.3 Å². The van der Waals surface area contributed by atoms with Crippen LogP contribution in [0.4, 0.5) is 0 Å². The van der Waals surface area contributed by atoms with E-state index in [4.69, 9.17) is 14.2 Å². The molecule has 0 saturated heterocycles. The van der Waals surface area contributed by atoms with Gasteiger partial charge in [0.05, 0.1) is 0 Å². The largest absolute Gasteiger partial charge is 0.462 e. The highest BCUT2D eigenvalue weighted by molar-refractivity contribution is 5.71. The van der Waals surface area contributed by atoms with Crippen LogP contribution >= 0.6 is 0 Å². The van der Waals surface area contributed by atoms with E-state index in [1.165, 1.54) is 186 Å². The van der Waals surface area contributed by atoms with Crippen molar-refractivity contribution in [1.29, 1.82) is 0 Å². The maximum atomic E-state index is 12.9. The van der Waals surface area contributed by atoms with E-state index in [0.717, 1.165) is 109 Å². The van der Waals surface area contributed by atoms with E-state index in [0.29, 0.717) is 19.3 Å². The van der Waals surface area contributed by atoms with Crippen LogP contribution in [0.3, 0.4) is 0 Å². The molecule has 0 N–H and O–H groups in total. The molecule has 0 spiro atoms. The lowest BCUT2D eigenvalue weighted by Gasteiger charge is -2.18. The first-order valence-corrected chi connectivity index (χ1v) is 34.2. The van der Waals surface area contributed by atoms with Crippen LogP contribution in [-0.4, -0.2) is 37.2 Å². The lowest BCUT2D eigenvalue weighted by molar-refractivity contribution is -0.167. The van der Waals surface area contributed by atoms with Crippen LogP contribution < -0.4 is 0 Å². The molecular formula is C74H128O6. The van der Waals surface area contributed by atoms with Crippen LogP contribution in [0.25, 0.3) is 0 Å².